The van der Waals surface area contributed by atoms with Gasteiger partial charge < -0.3 is 10.1 Å². The molecule has 5 heteroatoms. The number of nitrogens with one attached hydrogen (secondary N) is 1. The van der Waals surface area contributed by atoms with Crippen molar-refractivity contribution in [3.63, 3.8) is 0 Å². The number of carbonyl (C=O) groups is 2. The van der Waals surface area contributed by atoms with Crippen LogP contribution < -0.4 is 5.32 Å². The second-order valence-corrected chi connectivity index (χ2v) is 5.98. The second-order valence-electron chi connectivity index (χ2n) is 5.58. The lowest BCUT2D eigenvalue weighted by molar-refractivity contribution is -0.151. The number of ether oxygens (including phenoxy) is 1. The zero-order valence-corrected chi connectivity index (χ0v) is 13.6. The monoisotopic (exact) mass is 321 g/mol. The van der Waals surface area contributed by atoms with Crippen LogP contribution in [0.3, 0.4) is 0 Å². The molecule has 0 aromatic heterocycles. The number of esters is 1. The molecule has 1 atom stereocenters. The molecule has 1 N–H and O–H groups in total. The molecule has 1 aliphatic rings. The van der Waals surface area contributed by atoms with E-state index in [9.17, 15) is 9.59 Å². The first-order chi connectivity index (χ1) is 10.5. The van der Waals surface area contributed by atoms with E-state index in [-0.39, 0.29) is 24.4 Å². The Hall–Kier alpha value is -1.81. The summed E-state index contributed by atoms with van der Waals surface area (Å²) in [5.41, 5.74) is 2.47. The highest BCUT2D eigenvalue weighted by molar-refractivity contribution is 6.34. The Balaban J connectivity index is 1.88. The van der Waals surface area contributed by atoms with Gasteiger partial charge in [-0.25, -0.2) is 0 Å². The van der Waals surface area contributed by atoms with Gasteiger partial charge in [0.2, 0.25) is 0 Å². The Bertz CT molecular complexity index is 587. The minimum atomic E-state index is -0.381. The largest absolute Gasteiger partial charge is 0.455 e. The highest BCUT2D eigenvalue weighted by Crippen LogP contribution is 2.27. The van der Waals surface area contributed by atoms with Crippen molar-refractivity contribution >= 4 is 29.2 Å². The molecule has 118 valence electrons. The molecule has 2 rings (SSSR count). The van der Waals surface area contributed by atoms with Crippen LogP contribution in [-0.2, 0) is 14.3 Å². The molecule has 0 aliphatic heterocycles. The number of aryl methyl sites for hydroxylation is 2. The number of anilines is 1. The van der Waals surface area contributed by atoms with Crippen molar-refractivity contribution in [2.45, 2.75) is 33.1 Å². The van der Waals surface area contributed by atoms with E-state index >= 15 is 0 Å². The Kier molecular flexibility index (Phi) is 5.61. The average Bonchev–Trinajstić information content (AvgIpc) is 2.49. The summed E-state index contributed by atoms with van der Waals surface area (Å²) in [6, 6.07) is 3.71. The molecule has 0 radical (unpaired) electrons. The fraction of sp³-hybridized carbons (Fsp3) is 0.412. The van der Waals surface area contributed by atoms with Gasteiger partial charge in [0, 0.05) is 0 Å². The SMILES string of the molecule is Cc1cc(C)c(NC(=O)COC(=O)[C@H]2CC=CCC2)c(Cl)c1. The first kappa shape index (κ1) is 16.6. The van der Waals surface area contributed by atoms with E-state index in [0.717, 1.165) is 24.0 Å². The standard InChI is InChI=1S/C17H20ClNO3/c1-11-8-12(2)16(14(18)9-11)19-15(20)10-22-17(21)13-6-4-3-5-7-13/h3-4,8-9,13H,5-7,10H2,1-2H3,(H,19,20)/t13-/m0/s1. The molecule has 0 bridgehead atoms. The Morgan fingerprint density at radius 1 is 1.32 bits per heavy atom. The summed E-state index contributed by atoms with van der Waals surface area (Å²) in [5.74, 6) is -0.831. The zero-order valence-electron chi connectivity index (χ0n) is 12.8. The van der Waals surface area contributed by atoms with Crippen LogP contribution in [0.15, 0.2) is 24.3 Å². The minimum absolute atomic E-state index is 0.137. The van der Waals surface area contributed by atoms with Gasteiger partial charge in [-0.1, -0.05) is 29.8 Å². The highest BCUT2D eigenvalue weighted by Gasteiger charge is 2.21. The van der Waals surface area contributed by atoms with E-state index in [1.54, 1.807) is 6.07 Å². The maximum atomic E-state index is 11.9. The van der Waals surface area contributed by atoms with Gasteiger partial charge in [-0.05, 0) is 50.3 Å². The lowest BCUT2D eigenvalue weighted by Crippen LogP contribution is -2.25. The van der Waals surface area contributed by atoms with E-state index in [1.165, 1.54) is 0 Å². The summed E-state index contributed by atoms with van der Waals surface area (Å²) >= 11 is 6.13. The van der Waals surface area contributed by atoms with Crippen LogP contribution >= 0.6 is 11.6 Å². The molecule has 0 unspecified atom stereocenters. The molecule has 4 nitrogen and oxygen atoms in total. The predicted octanol–water partition coefficient (Wildman–Crippen LogP) is 3.79. The number of benzene rings is 1. The summed E-state index contributed by atoms with van der Waals surface area (Å²) in [5, 5.41) is 3.18. The first-order valence-electron chi connectivity index (χ1n) is 7.35. The lowest BCUT2D eigenvalue weighted by Gasteiger charge is -2.16. The van der Waals surface area contributed by atoms with Crippen LogP contribution in [0, 0.1) is 19.8 Å². The van der Waals surface area contributed by atoms with E-state index in [1.807, 2.05) is 26.0 Å². The number of hydrogen-bond acceptors (Lipinski definition) is 3. The van der Waals surface area contributed by atoms with Crippen LogP contribution in [0.4, 0.5) is 5.69 Å². The van der Waals surface area contributed by atoms with Crippen molar-refractivity contribution in [2.24, 2.45) is 5.92 Å². The van der Waals surface area contributed by atoms with Gasteiger partial charge >= 0.3 is 5.97 Å². The highest BCUT2D eigenvalue weighted by atomic mass is 35.5. The lowest BCUT2D eigenvalue weighted by atomic mass is 9.95. The fourth-order valence-corrected chi connectivity index (χ4v) is 2.88. The third-order valence-corrected chi connectivity index (χ3v) is 3.94. The molecular formula is C17H20ClNO3. The maximum absolute atomic E-state index is 11.9. The number of halogens is 1. The molecule has 22 heavy (non-hydrogen) atoms. The average molecular weight is 322 g/mol. The Labute approximate surface area is 135 Å². The summed E-state index contributed by atoms with van der Waals surface area (Å²) in [7, 11) is 0. The molecule has 0 saturated heterocycles. The quantitative estimate of drug-likeness (QED) is 0.678. The smallest absolute Gasteiger partial charge is 0.309 e. The van der Waals surface area contributed by atoms with E-state index in [0.29, 0.717) is 17.1 Å². The molecule has 1 aliphatic carbocycles. The third-order valence-electron chi connectivity index (χ3n) is 3.64. The van der Waals surface area contributed by atoms with Crippen LogP contribution in [0.5, 0.6) is 0 Å². The van der Waals surface area contributed by atoms with Crippen molar-refractivity contribution in [2.75, 3.05) is 11.9 Å². The Morgan fingerprint density at radius 3 is 2.73 bits per heavy atom. The van der Waals surface area contributed by atoms with Gasteiger partial charge in [-0.2, -0.15) is 0 Å². The van der Waals surface area contributed by atoms with E-state index in [4.69, 9.17) is 16.3 Å². The molecule has 1 aromatic carbocycles. The molecule has 0 fully saturated rings. The Morgan fingerprint density at radius 2 is 2.09 bits per heavy atom. The number of rotatable bonds is 4. The summed E-state index contributed by atoms with van der Waals surface area (Å²) in [6.45, 7) is 3.52. The van der Waals surface area contributed by atoms with Crippen molar-refractivity contribution < 1.29 is 14.3 Å². The summed E-state index contributed by atoms with van der Waals surface area (Å²) in [6.07, 6.45) is 6.37. The minimum Gasteiger partial charge on any atom is -0.455 e. The molecular weight excluding hydrogens is 302 g/mol. The van der Waals surface area contributed by atoms with E-state index in [2.05, 4.69) is 11.4 Å². The maximum Gasteiger partial charge on any atom is 0.309 e. The number of hydrogen-bond donors (Lipinski definition) is 1. The van der Waals surface area contributed by atoms with Gasteiger partial charge in [0.15, 0.2) is 6.61 Å². The molecule has 1 amide bonds. The molecule has 0 spiro atoms. The van der Waals surface area contributed by atoms with E-state index < -0.39 is 0 Å². The fourth-order valence-electron chi connectivity index (χ4n) is 2.51. The van der Waals surface area contributed by atoms with Crippen LogP contribution in [0.1, 0.15) is 30.4 Å². The normalized spacial score (nSPS) is 17.1. The number of carbonyl (C=O) groups excluding carboxylic acids is 2. The molecule has 0 saturated carbocycles. The van der Waals surface area contributed by atoms with Crippen LogP contribution in [-0.4, -0.2) is 18.5 Å². The molecule has 0 heterocycles. The zero-order chi connectivity index (χ0) is 16.1. The van der Waals surface area contributed by atoms with Crippen molar-refractivity contribution in [1.82, 2.24) is 0 Å². The van der Waals surface area contributed by atoms with Crippen LogP contribution in [0.25, 0.3) is 0 Å². The predicted molar refractivity (Wildman–Crippen MR) is 87.0 cm³/mol. The summed E-state index contributed by atoms with van der Waals surface area (Å²) < 4.78 is 5.09. The van der Waals surface area contributed by atoms with Gasteiger partial charge in [0.25, 0.3) is 5.91 Å². The van der Waals surface area contributed by atoms with Gasteiger partial charge in [-0.15, -0.1) is 0 Å². The summed E-state index contributed by atoms with van der Waals surface area (Å²) in [4.78, 5) is 23.8. The van der Waals surface area contributed by atoms with Gasteiger partial charge in [-0.3, -0.25) is 9.59 Å². The molecule has 1 aromatic rings. The number of amides is 1. The van der Waals surface area contributed by atoms with Gasteiger partial charge in [0.05, 0.1) is 16.6 Å². The van der Waals surface area contributed by atoms with Crippen molar-refractivity contribution in [3.8, 4) is 0 Å². The topological polar surface area (TPSA) is 55.4 Å². The van der Waals surface area contributed by atoms with Gasteiger partial charge in [0.1, 0.15) is 0 Å². The van der Waals surface area contributed by atoms with Crippen molar-refractivity contribution in [3.05, 3.63) is 40.4 Å². The second kappa shape index (κ2) is 7.45. The first-order valence-corrected chi connectivity index (χ1v) is 7.73. The number of allylic oxidation sites excluding steroid dienone is 2. The third kappa shape index (κ3) is 4.34. The van der Waals surface area contributed by atoms with Crippen molar-refractivity contribution in [1.29, 1.82) is 0 Å². The van der Waals surface area contributed by atoms with Crippen LogP contribution in [0.2, 0.25) is 5.02 Å².